The van der Waals surface area contributed by atoms with Crippen LogP contribution in [0, 0.1) is 0 Å². The number of ether oxygens (including phenoxy) is 1. The number of pyridine rings is 1. The van der Waals surface area contributed by atoms with E-state index in [1.54, 1.807) is 6.20 Å². The van der Waals surface area contributed by atoms with Crippen molar-refractivity contribution in [1.82, 2.24) is 4.98 Å². The highest BCUT2D eigenvalue weighted by atomic mass is 16.5. The lowest BCUT2D eigenvalue weighted by atomic mass is 9.70. The van der Waals surface area contributed by atoms with Crippen LogP contribution in [-0.2, 0) is 4.74 Å². The molecule has 86 valence electrons. The van der Waals surface area contributed by atoms with E-state index in [0.717, 1.165) is 19.4 Å². The third-order valence-corrected chi connectivity index (χ3v) is 4.07. The van der Waals surface area contributed by atoms with Gasteiger partial charge in [-0.3, -0.25) is 0 Å². The molecular formula is C13H18N2O. The van der Waals surface area contributed by atoms with Crippen LogP contribution in [0.4, 0.5) is 5.82 Å². The summed E-state index contributed by atoms with van der Waals surface area (Å²) < 4.78 is 5.93. The molecular weight excluding hydrogens is 200 g/mol. The molecule has 1 saturated heterocycles. The Morgan fingerprint density at radius 3 is 3.00 bits per heavy atom. The van der Waals surface area contributed by atoms with Crippen molar-refractivity contribution in [3.05, 3.63) is 23.9 Å². The van der Waals surface area contributed by atoms with Crippen LogP contribution in [0.3, 0.4) is 0 Å². The molecule has 2 N–H and O–H groups in total. The molecule has 3 heteroatoms. The summed E-state index contributed by atoms with van der Waals surface area (Å²) >= 11 is 0. The lowest BCUT2D eigenvalue weighted by Crippen LogP contribution is -2.45. The standard InChI is InChI=1S/C13H18N2O/c14-12-11(3-1-7-15-12)10-4-8-16-13(9-10)5-2-6-13/h1,3,7,10H,2,4-6,8-9H2,(H2,14,15). The van der Waals surface area contributed by atoms with Crippen molar-refractivity contribution in [1.29, 1.82) is 0 Å². The maximum absolute atomic E-state index is 5.95. The zero-order chi connectivity index (χ0) is 11.0. The van der Waals surface area contributed by atoms with Crippen LogP contribution in [0.5, 0.6) is 0 Å². The van der Waals surface area contributed by atoms with Gasteiger partial charge >= 0.3 is 0 Å². The Morgan fingerprint density at radius 2 is 2.31 bits per heavy atom. The van der Waals surface area contributed by atoms with Gasteiger partial charge in [-0.1, -0.05) is 6.07 Å². The topological polar surface area (TPSA) is 48.1 Å². The lowest BCUT2D eigenvalue weighted by molar-refractivity contribution is -0.133. The normalized spacial score (nSPS) is 27.6. The van der Waals surface area contributed by atoms with Crippen molar-refractivity contribution < 1.29 is 4.74 Å². The molecule has 1 unspecified atom stereocenters. The number of nitrogens with two attached hydrogens (primary N) is 1. The molecule has 1 aromatic heterocycles. The average Bonchev–Trinajstić information content (AvgIpc) is 2.28. The second-order valence-electron chi connectivity index (χ2n) is 5.05. The summed E-state index contributed by atoms with van der Waals surface area (Å²) in [5.74, 6) is 1.24. The first kappa shape index (κ1) is 10.1. The quantitative estimate of drug-likeness (QED) is 0.787. The molecule has 0 bridgehead atoms. The summed E-state index contributed by atoms with van der Waals surface area (Å²) in [6.07, 6.45) is 7.74. The largest absolute Gasteiger partial charge is 0.383 e. The Balaban J connectivity index is 1.82. The number of rotatable bonds is 1. The van der Waals surface area contributed by atoms with E-state index in [0.29, 0.717) is 11.7 Å². The minimum absolute atomic E-state index is 0.186. The van der Waals surface area contributed by atoms with Gasteiger partial charge in [0.1, 0.15) is 5.82 Å². The van der Waals surface area contributed by atoms with Crippen LogP contribution >= 0.6 is 0 Å². The average molecular weight is 218 g/mol. The van der Waals surface area contributed by atoms with Gasteiger partial charge in [-0.15, -0.1) is 0 Å². The number of anilines is 1. The Kier molecular flexibility index (Phi) is 2.36. The van der Waals surface area contributed by atoms with Gasteiger partial charge in [-0.05, 0) is 49.7 Å². The molecule has 0 radical (unpaired) electrons. The third-order valence-electron chi connectivity index (χ3n) is 4.07. The molecule has 16 heavy (non-hydrogen) atoms. The predicted molar refractivity (Wildman–Crippen MR) is 63.2 cm³/mol. The maximum Gasteiger partial charge on any atom is 0.126 e. The van der Waals surface area contributed by atoms with Gasteiger partial charge in [0.05, 0.1) is 5.60 Å². The van der Waals surface area contributed by atoms with E-state index < -0.39 is 0 Å². The fourth-order valence-corrected chi connectivity index (χ4v) is 2.99. The molecule has 2 aliphatic rings. The van der Waals surface area contributed by atoms with E-state index in [4.69, 9.17) is 10.5 Å². The number of hydrogen-bond donors (Lipinski definition) is 1. The summed E-state index contributed by atoms with van der Waals surface area (Å²) in [5, 5.41) is 0. The minimum Gasteiger partial charge on any atom is -0.383 e. The minimum atomic E-state index is 0.186. The first-order valence-corrected chi connectivity index (χ1v) is 6.13. The molecule has 0 aromatic carbocycles. The third kappa shape index (κ3) is 1.59. The molecule has 1 spiro atoms. The zero-order valence-electron chi connectivity index (χ0n) is 9.48. The van der Waals surface area contributed by atoms with Crippen LogP contribution in [-0.4, -0.2) is 17.2 Å². The lowest BCUT2D eigenvalue weighted by Gasteiger charge is -2.47. The molecule has 3 rings (SSSR count). The van der Waals surface area contributed by atoms with Gasteiger partial charge < -0.3 is 10.5 Å². The fourth-order valence-electron chi connectivity index (χ4n) is 2.99. The van der Waals surface area contributed by atoms with Gasteiger partial charge in [-0.25, -0.2) is 4.98 Å². The summed E-state index contributed by atoms with van der Waals surface area (Å²) in [7, 11) is 0. The SMILES string of the molecule is Nc1ncccc1C1CCOC2(CCC2)C1. The van der Waals surface area contributed by atoms with Crippen LogP contribution in [0.25, 0.3) is 0 Å². The first-order chi connectivity index (χ1) is 7.79. The van der Waals surface area contributed by atoms with E-state index in [1.807, 2.05) is 6.07 Å². The van der Waals surface area contributed by atoms with Gasteiger partial charge in [-0.2, -0.15) is 0 Å². The molecule has 3 nitrogen and oxygen atoms in total. The molecule has 2 fully saturated rings. The number of aromatic nitrogens is 1. The van der Waals surface area contributed by atoms with E-state index in [2.05, 4.69) is 11.1 Å². The summed E-state index contributed by atoms with van der Waals surface area (Å²) in [6, 6.07) is 4.10. The molecule has 1 saturated carbocycles. The van der Waals surface area contributed by atoms with Crippen molar-refractivity contribution in [2.75, 3.05) is 12.3 Å². The number of nitrogen functional groups attached to an aromatic ring is 1. The van der Waals surface area contributed by atoms with Gasteiger partial charge in [0, 0.05) is 12.8 Å². The Labute approximate surface area is 96.0 Å². The van der Waals surface area contributed by atoms with Crippen molar-refractivity contribution in [2.45, 2.75) is 43.6 Å². The van der Waals surface area contributed by atoms with E-state index in [9.17, 15) is 0 Å². The van der Waals surface area contributed by atoms with Crippen molar-refractivity contribution >= 4 is 5.82 Å². The van der Waals surface area contributed by atoms with Crippen LogP contribution in [0.15, 0.2) is 18.3 Å². The molecule has 2 heterocycles. The summed E-state index contributed by atoms with van der Waals surface area (Å²) in [5.41, 5.74) is 7.35. The monoisotopic (exact) mass is 218 g/mol. The maximum atomic E-state index is 5.95. The molecule has 1 aliphatic carbocycles. The van der Waals surface area contributed by atoms with Gasteiger partial charge in [0.2, 0.25) is 0 Å². The van der Waals surface area contributed by atoms with Crippen LogP contribution in [0.2, 0.25) is 0 Å². The second-order valence-corrected chi connectivity index (χ2v) is 5.05. The highest BCUT2D eigenvalue weighted by molar-refractivity contribution is 5.41. The van der Waals surface area contributed by atoms with E-state index >= 15 is 0 Å². The first-order valence-electron chi connectivity index (χ1n) is 6.13. The highest BCUT2D eigenvalue weighted by Gasteiger charge is 2.43. The highest BCUT2D eigenvalue weighted by Crippen LogP contribution is 2.47. The summed E-state index contributed by atoms with van der Waals surface area (Å²) in [6.45, 7) is 0.874. The molecule has 1 atom stereocenters. The smallest absolute Gasteiger partial charge is 0.126 e. The molecule has 0 amide bonds. The van der Waals surface area contributed by atoms with Gasteiger partial charge in [0.15, 0.2) is 0 Å². The predicted octanol–water partition coefficient (Wildman–Crippen LogP) is 2.48. The van der Waals surface area contributed by atoms with Crippen molar-refractivity contribution in [3.63, 3.8) is 0 Å². The Bertz CT molecular complexity index is 387. The molecule has 1 aliphatic heterocycles. The Morgan fingerprint density at radius 1 is 1.44 bits per heavy atom. The summed E-state index contributed by atoms with van der Waals surface area (Å²) in [4.78, 5) is 4.18. The molecule has 1 aromatic rings. The second kappa shape index (κ2) is 3.74. The van der Waals surface area contributed by atoms with E-state index in [1.165, 1.54) is 24.8 Å². The Hall–Kier alpha value is -1.09. The van der Waals surface area contributed by atoms with E-state index in [-0.39, 0.29) is 5.60 Å². The number of nitrogens with zero attached hydrogens (tertiary/aromatic N) is 1. The zero-order valence-corrected chi connectivity index (χ0v) is 9.48. The van der Waals surface area contributed by atoms with Crippen LogP contribution < -0.4 is 5.73 Å². The number of hydrogen-bond acceptors (Lipinski definition) is 3. The fraction of sp³-hybridized carbons (Fsp3) is 0.615. The van der Waals surface area contributed by atoms with Crippen molar-refractivity contribution in [3.8, 4) is 0 Å². The van der Waals surface area contributed by atoms with Crippen LogP contribution in [0.1, 0.15) is 43.6 Å². The van der Waals surface area contributed by atoms with Crippen molar-refractivity contribution in [2.24, 2.45) is 0 Å². The van der Waals surface area contributed by atoms with Gasteiger partial charge in [0.25, 0.3) is 0 Å².